The molecule has 0 aromatic carbocycles. The minimum atomic E-state index is -0.874. The van der Waals surface area contributed by atoms with Crippen LogP contribution in [0.15, 0.2) is 12.2 Å². The highest BCUT2D eigenvalue weighted by Crippen LogP contribution is 2.22. The van der Waals surface area contributed by atoms with Crippen molar-refractivity contribution in [1.29, 1.82) is 0 Å². The Kier molecular flexibility index (Phi) is 11.4. The van der Waals surface area contributed by atoms with Crippen LogP contribution in [0.2, 0.25) is 0 Å². The number of carbonyl (C=O) groups excluding carboxylic acids is 5. The predicted octanol–water partition coefficient (Wildman–Crippen LogP) is 1.96. The summed E-state index contributed by atoms with van der Waals surface area (Å²) < 4.78 is 10.3. The summed E-state index contributed by atoms with van der Waals surface area (Å²) in [7, 11) is 0. The SMILES string of the molecule is CCOC(=O)C[C@@H](NC(C)=O)NC(=O)[C@@H]1CCCN(C(=O)/C=C/C2CCN(C(=O)OC(C)(C)C)CC2)C1. The highest BCUT2D eigenvalue weighted by atomic mass is 16.6. The minimum absolute atomic E-state index is 0.156. The molecule has 0 aromatic rings. The number of ether oxygens (including phenoxy) is 2. The molecule has 0 bridgehead atoms. The van der Waals surface area contributed by atoms with Crippen LogP contribution in [0.3, 0.4) is 0 Å². The molecule has 37 heavy (non-hydrogen) atoms. The summed E-state index contributed by atoms with van der Waals surface area (Å²) >= 11 is 0. The number of nitrogens with one attached hydrogen (secondary N) is 2. The standard InChI is InChI=1S/C26H42N4O7/c1-6-36-23(33)16-21(27-18(2)31)28-24(34)20-8-7-13-30(17-20)22(32)10-9-19-11-14-29(15-12-19)25(35)37-26(3,4)5/h9-10,19-21H,6-8,11-17H2,1-5H3,(H,27,31)(H,28,34)/b10-9+/t20-,21+/m1/s1. The lowest BCUT2D eigenvalue weighted by Crippen LogP contribution is -2.53. The Bertz CT molecular complexity index is 859. The van der Waals surface area contributed by atoms with Gasteiger partial charge in [0.2, 0.25) is 17.7 Å². The van der Waals surface area contributed by atoms with Crippen LogP contribution in [0.4, 0.5) is 4.79 Å². The van der Waals surface area contributed by atoms with E-state index in [2.05, 4.69) is 10.6 Å². The summed E-state index contributed by atoms with van der Waals surface area (Å²) in [6.45, 7) is 10.7. The first-order valence-electron chi connectivity index (χ1n) is 13.1. The largest absolute Gasteiger partial charge is 0.466 e. The molecule has 2 rings (SSSR count). The number of hydrogen-bond donors (Lipinski definition) is 2. The first kappa shape index (κ1) is 30.1. The fourth-order valence-electron chi connectivity index (χ4n) is 4.38. The van der Waals surface area contributed by atoms with Crippen LogP contribution < -0.4 is 10.6 Å². The van der Waals surface area contributed by atoms with Crippen LogP contribution in [-0.2, 0) is 28.7 Å². The summed E-state index contributed by atoms with van der Waals surface area (Å²) in [6, 6.07) is 0. The Balaban J connectivity index is 1.85. The second kappa shape index (κ2) is 14.0. The number of hydrogen-bond acceptors (Lipinski definition) is 7. The minimum Gasteiger partial charge on any atom is -0.466 e. The number of rotatable bonds is 8. The molecule has 0 unspecified atom stereocenters. The second-order valence-corrected chi connectivity index (χ2v) is 10.6. The third kappa shape index (κ3) is 10.8. The Hall–Kier alpha value is -3.11. The Morgan fingerprint density at radius 2 is 1.68 bits per heavy atom. The molecule has 2 aliphatic rings. The van der Waals surface area contributed by atoms with Gasteiger partial charge < -0.3 is 29.9 Å². The smallest absolute Gasteiger partial charge is 0.410 e. The molecule has 0 saturated carbocycles. The van der Waals surface area contributed by atoms with E-state index in [1.165, 1.54) is 6.92 Å². The van der Waals surface area contributed by atoms with E-state index < -0.39 is 23.7 Å². The van der Waals surface area contributed by atoms with E-state index in [-0.39, 0.29) is 49.3 Å². The monoisotopic (exact) mass is 522 g/mol. The molecular weight excluding hydrogens is 480 g/mol. The van der Waals surface area contributed by atoms with Gasteiger partial charge in [0, 0.05) is 33.1 Å². The number of esters is 1. The number of carbonyl (C=O) groups is 5. The molecule has 0 aromatic heterocycles. The highest BCUT2D eigenvalue weighted by Gasteiger charge is 2.30. The van der Waals surface area contributed by atoms with Gasteiger partial charge in [-0.3, -0.25) is 19.2 Å². The van der Waals surface area contributed by atoms with Crippen molar-refractivity contribution < 1.29 is 33.4 Å². The van der Waals surface area contributed by atoms with Gasteiger partial charge in [0.15, 0.2) is 0 Å². The Morgan fingerprint density at radius 3 is 2.27 bits per heavy atom. The molecule has 2 fully saturated rings. The number of allylic oxidation sites excluding steroid dienone is 1. The fraction of sp³-hybridized carbons (Fsp3) is 0.731. The van der Waals surface area contributed by atoms with Crippen LogP contribution in [0.1, 0.15) is 66.7 Å². The molecule has 0 aliphatic carbocycles. The molecule has 2 aliphatic heterocycles. The number of amides is 4. The number of likely N-dealkylation sites (tertiary alicyclic amines) is 2. The van der Waals surface area contributed by atoms with Crippen molar-refractivity contribution in [3.63, 3.8) is 0 Å². The summed E-state index contributed by atoms with van der Waals surface area (Å²) in [5.41, 5.74) is -0.533. The summed E-state index contributed by atoms with van der Waals surface area (Å²) in [5.74, 6) is -1.63. The zero-order valence-electron chi connectivity index (χ0n) is 22.7. The predicted molar refractivity (Wildman–Crippen MR) is 136 cm³/mol. The van der Waals surface area contributed by atoms with Gasteiger partial charge in [-0.2, -0.15) is 0 Å². The molecular formula is C26H42N4O7. The lowest BCUT2D eigenvalue weighted by Gasteiger charge is -2.33. The fourth-order valence-corrected chi connectivity index (χ4v) is 4.38. The zero-order valence-corrected chi connectivity index (χ0v) is 22.7. The Morgan fingerprint density at radius 1 is 1.00 bits per heavy atom. The van der Waals surface area contributed by atoms with Crippen LogP contribution in [-0.4, -0.2) is 84.1 Å². The summed E-state index contributed by atoms with van der Waals surface area (Å²) in [4.78, 5) is 64.6. The van der Waals surface area contributed by atoms with Crippen molar-refractivity contribution in [3.8, 4) is 0 Å². The van der Waals surface area contributed by atoms with Gasteiger partial charge in [-0.25, -0.2) is 4.79 Å². The van der Waals surface area contributed by atoms with E-state index in [0.29, 0.717) is 32.5 Å². The van der Waals surface area contributed by atoms with E-state index in [9.17, 15) is 24.0 Å². The van der Waals surface area contributed by atoms with Gasteiger partial charge in [-0.15, -0.1) is 0 Å². The van der Waals surface area contributed by atoms with Crippen LogP contribution in [0.5, 0.6) is 0 Å². The highest BCUT2D eigenvalue weighted by molar-refractivity contribution is 5.89. The van der Waals surface area contributed by atoms with Gasteiger partial charge in [-0.1, -0.05) is 6.08 Å². The molecule has 4 amide bonds. The lowest BCUT2D eigenvalue weighted by atomic mass is 9.95. The maximum absolute atomic E-state index is 12.9. The molecule has 2 heterocycles. The topological polar surface area (TPSA) is 134 Å². The summed E-state index contributed by atoms with van der Waals surface area (Å²) in [5, 5.41) is 5.26. The molecule has 0 radical (unpaired) electrons. The number of nitrogens with zero attached hydrogens (tertiary/aromatic N) is 2. The maximum Gasteiger partial charge on any atom is 0.410 e. The Labute approximate surface area is 219 Å². The quantitative estimate of drug-likeness (QED) is 0.283. The van der Waals surface area contributed by atoms with Crippen LogP contribution in [0.25, 0.3) is 0 Å². The van der Waals surface area contributed by atoms with Crippen molar-refractivity contribution in [2.24, 2.45) is 11.8 Å². The molecule has 2 atom stereocenters. The first-order chi connectivity index (χ1) is 17.4. The van der Waals surface area contributed by atoms with Crippen LogP contribution >= 0.6 is 0 Å². The van der Waals surface area contributed by atoms with Crippen molar-refractivity contribution in [2.75, 3.05) is 32.8 Å². The van der Waals surface area contributed by atoms with Gasteiger partial charge in [0.25, 0.3) is 0 Å². The molecule has 11 nitrogen and oxygen atoms in total. The van der Waals surface area contributed by atoms with E-state index >= 15 is 0 Å². The van der Waals surface area contributed by atoms with Gasteiger partial charge in [-0.05, 0) is 65.4 Å². The first-order valence-corrected chi connectivity index (χ1v) is 13.1. The van der Waals surface area contributed by atoms with E-state index in [1.54, 1.807) is 22.8 Å². The van der Waals surface area contributed by atoms with E-state index in [0.717, 1.165) is 12.8 Å². The average Bonchev–Trinajstić information content (AvgIpc) is 2.81. The maximum atomic E-state index is 12.9. The molecule has 11 heteroatoms. The van der Waals surface area contributed by atoms with Crippen molar-refractivity contribution in [3.05, 3.63) is 12.2 Å². The zero-order chi connectivity index (χ0) is 27.6. The molecule has 2 N–H and O–H groups in total. The molecule has 208 valence electrons. The van der Waals surface area contributed by atoms with Crippen molar-refractivity contribution in [2.45, 2.75) is 78.5 Å². The van der Waals surface area contributed by atoms with Crippen molar-refractivity contribution in [1.82, 2.24) is 20.4 Å². The third-order valence-corrected chi connectivity index (χ3v) is 6.18. The van der Waals surface area contributed by atoms with E-state index in [4.69, 9.17) is 9.47 Å². The molecule has 2 saturated heterocycles. The third-order valence-electron chi connectivity index (χ3n) is 6.18. The van der Waals surface area contributed by atoms with Crippen molar-refractivity contribution >= 4 is 29.8 Å². The van der Waals surface area contributed by atoms with E-state index in [1.807, 2.05) is 26.8 Å². The van der Waals surface area contributed by atoms with Crippen LogP contribution in [0, 0.1) is 11.8 Å². The molecule has 0 spiro atoms. The van der Waals surface area contributed by atoms with Gasteiger partial charge >= 0.3 is 12.1 Å². The number of piperidine rings is 2. The second-order valence-electron chi connectivity index (χ2n) is 10.6. The lowest BCUT2D eigenvalue weighted by molar-refractivity contribution is -0.144. The van der Waals surface area contributed by atoms with Gasteiger partial charge in [0.1, 0.15) is 11.8 Å². The summed E-state index contributed by atoms with van der Waals surface area (Å²) in [6.07, 6.45) is 4.87. The average molecular weight is 523 g/mol. The van der Waals surface area contributed by atoms with Gasteiger partial charge in [0.05, 0.1) is 18.9 Å². The normalized spacial score (nSPS) is 19.8.